The number of nitrogens with one attached hydrogen (secondary N) is 3. The summed E-state index contributed by atoms with van der Waals surface area (Å²) in [5, 5.41) is 16.4. The quantitative estimate of drug-likeness (QED) is 0.668. The molecule has 3 aromatic rings. The molecule has 3 heterocycles. The van der Waals surface area contributed by atoms with Crippen LogP contribution < -0.4 is 15.5 Å². The molecule has 1 fully saturated rings. The minimum absolute atomic E-state index is 0.0616. The summed E-state index contributed by atoms with van der Waals surface area (Å²) in [6.45, 7) is 1.63. The minimum Gasteiger partial charge on any atom is -0.353 e. The molecule has 1 aliphatic heterocycles. The van der Waals surface area contributed by atoms with E-state index in [4.69, 9.17) is 0 Å². The van der Waals surface area contributed by atoms with Crippen molar-refractivity contribution in [2.75, 3.05) is 23.3 Å². The van der Waals surface area contributed by atoms with Gasteiger partial charge in [0.1, 0.15) is 16.9 Å². The maximum atomic E-state index is 12.3. The number of nitrogens with zero attached hydrogens (tertiary/aromatic N) is 5. The van der Waals surface area contributed by atoms with Gasteiger partial charge in [0, 0.05) is 37.2 Å². The molecule has 0 unspecified atom stereocenters. The van der Waals surface area contributed by atoms with E-state index in [0.29, 0.717) is 17.7 Å². The first kappa shape index (κ1) is 15.3. The van der Waals surface area contributed by atoms with Crippen molar-refractivity contribution in [3.05, 3.63) is 36.8 Å². The summed E-state index contributed by atoms with van der Waals surface area (Å²) in [5.41, 5.74) is 2.16. The molecule has 0 aliphatic carbocycles. The fourth-order valence-corrected chi connectivity index (χ4v) is 3.03. The Morgan fingerprint density at radius 3 is 3.04 bits per heavy atom. The predicted molar refractivity (Wildman–Crippen MR) is 93.3 cm³/mol. The molecule has 9 nitrogen and oxygen atoms in total. The first-order valence-corrected chi connectivity index (χ1v) is 8.17. The Morgan fingerprint density at radius 1 is 1.24 bits per heavy atom. The van der Waals surface area contributed by atoms with Gasteiger partial charge >= 0.3 is 6.03 Å². The Balaban J connectivity index is 1.36. The highest BCUT2D eigenvalue weighted by Gasteiger charge is 2.22. The Morgan fingerprint density at radius 2 is 2.16 bits per heavy atom. The lowest BCUT2D eigenvalue weighted by atomic mass is 10.1. The van der Waals surface area contributed by atoms with Crippen LogP contribution in [0.25, 0.3) is 11.0 Å². The Kier molecular flexibility index (Phi) is 4.11. The number of carbonyl (C=O) groups is 1. The number of fused-ring (bicyclic) bond motifs is 1. The molecule has 1 saturated heterocycles. The topological polar surface area (TPSA) is 112 Å². The summed E-state index contributed by atoms with van der Waals surface area (Å²) in [4.78, 5) is 22.9. The van der Waals surface area contributed by atoms with Crippen LogP contribution in [0, 0.1) is 0 Å². The molecule has 1 aliphatic rings. The first-order chi connectivity index (χ1) is 12.3. The number of anilines is 2. The summed E-state index contributed by atoms with van der Waals surface area (Å²) >= 11 is 0. The maximum Gasteiger partial charge on any atom is 0.319 e. The molecule has 3 N–H and O–H groups in total. The lowest BCUT2D eigenvalue weighted by Gasteiger charge is -2.33. The van der Waals surface area contributed by atoms with Crippen LogP contribution in [0.5, 0.6) is 0 Å². The maximum absolute atomic E-state index is 12.3. The van der Waals surface area contributed by atoms with Gasteiger partial charge in [-0.25, -0.2) is 9.78 Å². The fourth-order valence-electron chi connectivity index (χ4n) is 3.03. The van der Waals surface area contributed by atoms with Crippen LogP contribution in [0.15, 0.2) is 36.8 Å². The van der Waals surface area contributed by atoms with E-state index in [9.17, 15) is 4.79 Å². The van der Waals surface area contributed by atoms with Gasteiger partial charge in [0.25, 0.3) is 0 Å². The third-order valence-corrected chi connectivity index (χ3v) is 4.20. The van der Waals surface area contributed by atoms with Crippen molar-refractivity contribution < 1.29 is 4.79 Å². The van der Waals surface area contributed by atoms with Crippen LogP contribution in [-0.4, -0.2) is 50.5 Å². The number of aromatic nitrogens is 5. The molecule has 25 heavy (non-hydrogen) atoms. The van der Waals surface area contributed by atoms with Gasteiger partial charge in [0.15, 0.2) is 0 Å². The van der Waals surface area contributed by atoms with Crippen LogP contribution in [0.2, 0.25) is 0 Å². The number of H-pyrrole nitrogens is 1. The third kappa shape index (κ3) is 3.49. The molecule has 0 saturated carbocycles. The molecule has 4 rings (SSSR count). The second-order valence-corrected chi connectivity index (χ2v) is 5.97. The normalized spacial score (nSPS) is 17.4. The molecule has 9 heteroatoms. The number of piperidine rings is 1. The average Bonchev–Trinajstić information content (AvgIpc) is 3.10. The van der Waals surface area contributed by atoms with E-state index in [1.165, 1.54) is 0 Å². The van der Waals surface area contributed by atoms with E-state index in [0.717, 1.165) is 30.7 Å². The van der Waals surface area contributed by atoms with Gasteiger partial charge in [0.2, 0.25) is 0 Å². The Hall–Kier alpha value is -3.23. The van der Waals surface area contributed by atoms with E-state index in [2.05, 4.69) is 40.9 Å². The monoisotopic (exact) mass is 338 g/mol. The minimum atomic E-state index is -0.228. The Labute approximate surface area is 143 Å². The SMILES string of the molecule is O=C(Nc1ccc2n[nH]nc2c1)N[C@H]1CCCN(c2cnccn2)C1. The van der Waals surface area contributed by atoms with E-state index >= 15 is 0 Å². The number of benzene rings is 1. The van der Waals surface area contributed by atoms with Crippen molar-refractivity contribution in [3.8, 4) is 0 Å². The predicted octanol–water partition coefficient (Wildman–Crippen LogP) is 1.54. The first-order valence-electron chi connectivity index (χ1n) is 8.17. The second kappa shape index (κ2) is 6.71. The fraction of sp³-hybridized carbons (Fsp3) is 0.312. The van der Waals surface area contributed by atoms with Crippen molar-refractivity contribution in [3.63, 3.8) is 0 Å². The summed E-state index contributed by atoms with van der Waals surface area (Å²) in [5.74, 6) is 0.839. The van der Waals surface area contributed by atoms with Crippen LogP contribution in [0.1, 0.15) is 12.8 Å². The van der Waals surface area contributed by atoms with E-state index in [-0.39, 0.29) is 12.1 Å². The van der Waals surface area contributed by atoms with Gasteiger partial charge in [-0.05, 0) is 31.0 Å². The number of amides is 2. The van der Waals surface area contributed by atoms with Crippen LogP contribution in [0.3, 0.4) is 0 Å². The molecular weight excluding hydrogens is 320 g/mol. The van der Waals surface area contributed by atoms with Crippen molar-refractivity contribution in [2.45, 2.75) is 18.9 Å². The zero-order chi connectivity index (χ0) is 17.1. The highest BCUT2D eigenvalue weighted by molar-refractivity contribution is 5.91. The summed E-state index contributed by atoms with van der Waals surface area (Å²) < 4.78 is 0. The summed E-state index contributed by atoms with van der Waals surface area (Å²) in [7, 11) is 0. The van der Waals surface area contributed by atoms with Crippen molar-refractivity contribution in [2.24, 2.45) is 0 Å². The third-order valence-electron chi connectivity index (χ3n) is 4.20. The standard InChI is InChI=1S/C16H18N8O/c25-16(19-11-3-4-13-14(8-11)22-23-21-13)20-12-2-1-7-24(10-12)15-9-17-5-6-18-15/h3-6,8-9,12H,1-2,7,10H2,(H2,19,20,25)(H,21,22,23)/t12-/m0/s1. The zero-order valence-electron chi connectivity index (χ0n) is 13.5. The Bertz CT molecular complexity index is 865. The van der Waals surface area contributed by atoms with Gasteiger partial charge in [0.05, 0.1) is 6.20 Å². The number of hydrogen-bond acceptors (Lipinski definition) is 6. The van der Waals surface area contributed by atoms with E-state index in [1.54, 1.807) is 30.7 Å². The number of carbonyl (C=O) groups excluding carboxylic acids is 1. The smallest absolute Gasteiger partial charge is 0.319 e. The van der Waals surface area contributed by atoms with Crippen LogP contribution in [0.4, 0.5) is 16.3 Å². The molecule has 128 valence electrons. The van der Waals surface area contributed by atoms with Crippen molar-refractivity contribution >= 4 is 28.6 Å². The lowest BCUT2D eigenvalue weighted by molar-refractivity contribution is 0.246. The van der Waals surface area contributed by atoms with Crippen LogP contribution >= 0.6 is 0 Å². The number of rotatable bonds is 3. The largest absolute Gasteiger partial charge is 0.353 e. The average molecular weight is 338 g/mol. The van der Waals surface area contributed by atoms with Crippen LogP contribution in [-0.2, 0) is 0 Å². The van der Waals surface area contributed by atoms with Gasteiger partial charge in [-0.2, -0.15) is 15.4 Å². The van der Waals surface area contributed by atoms with E-state index in [1.807, 2.05) is 6.07 Å². The van der Waals surface area contributed by atoms with Gasteiger partial charge in [-0.3, -0.25) is 4.98 Å². The van der Waals surface area contributed by atoms with Crippen molar-refractivity contribution in [1.29, 1.82) is 0 Å². The number of aromatic amines is 1. The van der Waals surface area contributed by atoms with Crippen molar-refractivity contribution in [1.82, 2.24) is 30.7 Å². The number of hydrogen-bond donors (Lipinski definition) is 3. The molecule has 1 aromatic carbocycles. The molecule has 0 spiro atoms. The van der Waals surface area contributed by atoms with Gasteiger partial charge in [-0.15, -0.1) is 0 Å². The number of urea groups is 1. The highest BCUT2D eigenvalue weighted by atomic mass is 16.2. The summed E-state index contributed by atoms with van der Waals surface area (Å²) in [6.07, 6.45) is 7.01. The van der Waals surface area contributed by atoms with Gasteiger partial charge < -0.3 is 15.5 Å². The van der Waals surface area contributed by atoms with Gasteiger partial charge in [-0.1, -0.05) is 0 Å². The molecule has 0 radical (unpaired) electrons. The highest BCUT2D eigenvalue weighted by Crippen LogP contribution is 2.17. The lowest BCUT2D eigenvalue weighted by Crippen LogP contribution is -2.49. The summed E-state index contributed by atoms with van der Waals surface area (Å²) in [6, 6.07) is 5.23. The zero-order valence-corrected chi connectivity index (χ0v) is 13.5. The molecule has 2 amide bonds. The molecular formula is C16H18N8O. The second-order valence-electron chi connectivity index (χ2n) is 5.97. The molecule has 2 aromatic heterocycles. The molecule has 1 atom stereocenters. The molecule has 0 bridgehead atoms. The van der Waals surface area contributed by atoms with E-state index < -0.39 is 0 Å².